The summed E-state index contributed by atoms with van der Waals surface area (Å²) in [5.41, 5.74) is 11.0. The van der Waals surface area contributed by atoms with Crippen molar-refractivity contribution in [1.29, 1.82) is 0 Å². The van der Waals surface area contributed by atoms with Crippen LogP contribution in [0.5, 0.6) is 0 Å². The Labute approximate surface area is 96.9 Å². The van der Waals surface area contributed by atoms with Crippen LogP contribution in [0, 0.1) is 13.8 Å². The first-order valence-electron chi connectivity index (χ1n) is 6.00. The molecule has 0 saturated carbocycles. The first kappa shape index (κ1) is 11.2. The molecule has 16 heavy (non-hydrogen) atoms. The third kappa shape index (κ3) is 1.98. The highest BCUT2D eigenvalue weighted by Crippen LogP contribution is 2.25. The molecular weight excluding hydrogens is 196 g/mol. The number of fused-ring (bicyclic) bond motifs is 1. The van der Waals surface area contributed by atoms with Gasteiger partial charge in [-0.15, -0.1) is 0 Å². The largest absolute Gasteiger partial charge is 0.361 e. The van der Waals surface area contributed by atoms with E-state index < -0.39 is 0 Å². The van der Waals surface area contributed by atoms with Gasteiger partial charge in [-0.3, -0.25) is 0 Å². The highest BCUT2D eigenvalue weighted by molar-refractivity contribution is 5.86. The number of aromatic amines is 1. The topological polar surface area (TPSA) is 41.8 Å². The first-order valence-corrected chi connectivity index (χ1v) is 6.00. The Hall–Kier alpha value is -1.28. The van der Waals surface area contributed by atoms with Crippen molar-refractivity contribution < 1.29 is 0 Å². The van der Waals surface area contributed by atoms with Gasteiger partial charge in [-0.2, -0.15) is 0 Å². The van der Waals surface area contributed by atoms with E-state index in [0.717, 1.165) is 19.4 Å². The zero-order valence-corrected chi connectivity index (χ0v) is 10.1. The Morgan fingerprint density at radius 2 is 2.06 bits per heavy atom. The summed E-state index contributed by atoms with van der Waals surface area (Å²) in [5, 5.41) is 1.36. The molecule has 2 aromatic rings. The van der Waals surface area contributed by atoms with E-state index in [4.69, 9.17) is 5.73 Å². The summed E-state index contributed by atoms with van der Waals surface area (Å²) in [6.45, 7) is 5.17. The van der Waals surface area contributed by atoms with Crippen molar-refractivity contribution >= 4 is 10.9 Å². The van der Waals surface area contributed by atoms with E-state index in [2.05, 4.69) is 31.0 Å². The summed E-state index contributed by atoms with van der Waals surface area (Å²) >= 11 is 0. The van der Waals surface area contributed by atoms with Gasteiger partial charge in [0.25, 0.3) is 0 Å². The molecule has 0 aliphatic carbocycles. The minimum absolute atomic E-state index is 0.790. The molecule has 2 nitrogen and oxygen atoms in total. The van der Waals surface area contributed by atoms with Crippen LogP contribution in [-0.4, -0.2) is 11.5 Å². The molecule has 0 radical (unpaired) electrons. The number of unbranched alkanes of at least 4 members (excludes halogenated alkanes) is 1. The van der Waals surface area contributed by atoms with Gasteiger partial charge in [0.05, 0.1) is 0 Å². The SMILES string of the molecule is Cc1cc(CCCCN)c2[nH]ccc2c1C. The summed E-state index contributed by atoms with van der Waals surface area (Å²) in [7, 11) is 0. The number of aromatic nitrogens is 1. The normalized spacial score (nSPS) is 11.2. The minimum atomic E-state index is 0.790. The predicted molar refractivity (Wildman–Crippen MR) is 69.8 cm³/mol. The lowest BCUT2D eigenvalue weighted by atomic mass is 9.98. The lowest BCUT2D eigenvalue weighted by Crippen LogP contribution is -1.99. The number of H-pyrrole nitrogens is 1. The van der Waals surface area contributed by atoms with Gasteiger partial charge < -0.3 is 10.7 Å². The molecule has 3 N–H and O–H groups in total. The summed E-state index contributed by atoms with van der Waals surface area (Å²) in [5.74, 6) is 0. The van der Waals surface area contributed by atoms with Crippen LogP contribution in [0.2, 0.25) is 0 Å². The molecule has 2 heteroatoms. The summed E-state index contributed by atoms with van der Waals surface area (Å²) in [4.78, 5) is 3.35. The number of hydrogen-bond donors (Lipinski definition) is 2. The van der Waals surface area contributed by atoms with Gasteiger partial charge >= 0.3 is 0 Å². The standard InChI is InChI=1S/C14H20N2/c1-10-9-12(5-3-4-7-15)14-13(11(10)2)6-8-16-14/h6,8-9,16H,3-5,7,15H2,1-2H3. The van der Waals surface area contributed by atoms with Crippen LogP contribution in [0.3, 0.4) is 0 Å². The molecule has 86 valence electrons. The van der Waals surface area contributed by atoms with Gasteiger partial charge in [-0.05, 0) is 62.4 Å². The number of nitrogens with one attached hydrogen (secondary N) is 1. The molecule has 0 fully saturated rings. The number of benzene rings is 1. The lowest BCUT2D eigenvalue weighted by Gasteiger charge is -2.08. The molecule has 1 aromatic heterocycles. The van der Waals surface area contributed by atoms with Gasteiger partial charge in [0.15, 0.2) is 0 Å². The van der Waals surface area contributed by atoms with E-state index >= 15 is 0 Å². The van der Waals surface area contributed by atoms with Crippen molar-refractivity contribution in [2.45, 2.75) is 33.1 Å². The van der Waals surface area contributed by atoms with Crippen molar-refractivity contribution in [2.24, 2.45) is 5.73 Å². The molecule has 0 amide bonds. The maximum absolute atomic E-state index is 5.53. The van der Waals surface area contributed by atoms with Gasteiger partial charge in [0.2, 0.25) is 0 Å². The van der Waals surface area contributed by atoms with E-state index in [1.165, 1.54) is 34.0 Å². The van der Waals surface area contributed by atoms with E-state index in [-0.39, 0.29) is 0 Å². The molecule has 0 aliphatic heterocycles. The summed E-state index contributed by atoms with van der Waals surface area (Å²) < 4.78 is 0. The third-order valence-corrected chi connectivity index (χ3v) is 3.35. The average molecular weight is 216 g/mol. The zero-order chi connectivity index (χ0) is 11.5. The number of hydrogen-bond acceptors (Lipinski definition) is 1. The Bertz CT molecular complexity index is 483. The molecule has 0 atom stereocenters. The molecular formula is C14H20N2. The third-order valence-electron chi connectivity index (χ3n) is 3.35. The second-order valence-electron chi connectivity index (χ2n) is 4.49. The van der Waals surface area contributed by atoms with Gasteiger partial charge in [-0.25, -0.2) is 0 Å². The molecule has 1 aromatic carbocycles. The second-order valence-corrected chi connectivity index (χ2v) is 4.49. The van der Waals surface area contributed by atoms with Crippen LogP contribution in [0.15, 0.2) is 18.3 Å². The monoisotopic (exact) mass is 216 g/mol. The maximum Gasteiger partial charge on any atom is 0.0489 e. The van der Waals surface area contributed by atoms with E-state index in [1.807, 2.05) is 6.20 Å². The smallest absolute Gasteiger partial charge is 0.0489 e. The predicted octanol–water partition coefficient (Wildman–Crippen LogP) is 3.07. The van der Waals surface area contributed by atoms with Crippen molar-refractivity contribution in [2.75, 3.05) is 6.54 Å². The van der Waals surface area contributed by atoms with Crippen molar-refractivity contribution in [3.63, 3.8) is 0 Å². The molecule has 2 rings (SSSR count). The summed E-state index contributed by atoms with van der Waals surface area (Å²) in [6.07, 6.45) is 5.43. The minimum Gasteiger partial charge on any atom is -0.361 e. The van der Waals surface area contributed by atoms with Crippen molar-refractivity contribution in [3.8, 4) is 0 Å². The van der Waals surface area contributed by atoms with Crippen LogP contribution >= 0.6 is 0 Å². The van der Waals surface area contributed by atoms with E-state index in [0.29, 0.717) is 0 Å². The summed E-state index contributed by atoms with van der Waals surface area (Å²) in [6, 6.07) is 4.48. The lowest BCUT2D eigenvalue weighted by molar-refractivity contribution is 0.746. The van der Waals surface area contributed by atoms with Gasteiger partial charge in [0, 0.05) is 17.1 Å². The molecule has 0 spiro atoms. The van der Waals surface area contributed by atoms with Crippen molar-refractivity contribution in [3.05, 3.63) is 35.0 Å². The second kappa shape index (κ2) is 4.71. The van der Waals surface area contributed by atoms with Crippen LogP contribution in [0.1, 0.15) is 29.5 Å². The highest BCUT2D eigenvalue weighted by atomic mass is 14.7. The number of aryl methyl sites for hydroxylation is 3. The molecule has 0 aliphatic rings. The van der Waals surface area contributed by atoms with Gasteiger partial charge in [-0.1, -0.05) is 6.07 Å². The van der Waals surface area contributed by atoms with Crippen LogP contribution < -0.4 is 5.73 Å². The first-order chi connectivity index (χ1) is 7.74. The maximum atomic E-state index is 5.53. The Kier molecular flexibility index (Phi) is 3.30. The van der Waals surface area contributed by atoms with Crippen molar-refractivity contribution in [1.82, 2.24) is 4.98 Å². The van der Waals surface area contributed by atoms with E-state index in [9.17, 15) is 0 Å². The fraction of sp³-hybridized carbons (Fsp3) is 0.429. The molecule has 1 heterocycles. The molecule has 0 unspecified atom stereocenters. The highest BCUT2D eigenvalue weighted by Gasteiger charge is 2.07. The fourth-order valence-corrected chi connectivity index (χ4v) is 2.26. The average Bonchev–Trinajstić information content (AvgIpc) is 2.74. The molecule has 0 saturated heterocycles. The van der Waals surface area contributed by atoms with E-state index in [1.54, 1.807) is 0 Å². The van der Waals surface area contributed by atoms with Gasteiger partial charge in [0.1, 0.15) is 0 Å². The Balaban J connectivity index is 2.37. The number of rotatable bonds is 4. The number of nitrogens with two attached hydrogens (primary N) is 1. The molecule has 0 bridgehead atoms. The fourth-order valence-electron chi connectivity index (χ4n) is 2.26. The quantitative estimate of drug-likeness (QED) is 0.758. The Morgan fingerprint density at radius 1 is 1.25 bits per heavy atom. The Morgan fingerprint density at radius 3 is 2.81 bits per heavy atom. The van der Waals surface area contributed by atoms with Crippen LogP contribution in [-0.2, 0) is 6.42 Å². The van der Waals surface area contributed by atoms with Crippen LogP contribution in [0.25, 0.3) is 10.9 Å². The zero-order valence-electron chi connectivity index (χ0n) is 10.1. The van der Waals surface area contributed by atoms with Crippen LogP contribution in [0.4, 0.5) is 0 Å².